The molecule has 0 radical (unpaired) electrons. The number of benzene rings is 2. The molecule has 1 atom stereocenters. The minimum atomic E-state index is -0.889. The smallest absolute Gasteiger partial charge is 0.296 e. The van der Waals surface area contributed by atoms with E-state index < -0.39 is 23.5 Å². The number of aryl methyl sites for hydroxylation is 3. The van der Waals surface area contributed by atoms with Crippen LogP contribution in [0.1, 0.15) is 43.1 Å². The first-order chi connectivity index (χ1) is 17.7. The second-order valence-corrected chi connectivity index (χ2v) is 11.8. The van der Waals surface area contributed by atoms with E-state index in [-0.39, 0.29) is 16.5 Å². The Labute approximate surface area is 224 Å². The van der Waals surface area contributed by atoms with Gasteiger partial charge in [0.05, 0.1) is 27.2 Å². The summed E-state index contributed by atoms with van der Waals surface area (Å²) in [6.45, 7) is 5.47. The zero-order chi connectivity index (χ0) is 26.3. The molecule has 1 unspecified atom stereocenters. The fourth-order valence-electron chi connectivity index (χ4n) is 4.08. The SMILES string of the molecule is Cc1ccc(C2C(C(=O)c3sc(C)nc3C)=C(O)C(=O)N2c2nnc(SCc3ccccc3F)s2)cc1. The standard InChI is InChI=1S/C26H21FN4O3S3/c1-13-8-10-16(11-9-13)20-19(21(32)23-14(2)28-15(3)36-23)22(33)24(34)31(20)25-29-30-26(37-25)35-12-17-6-4-5-7-18(17)27/h4-11,20,33H,12H2,1-3H3. The van der Waals surface area contributed by atoms with Crippen molar-refractivity contribution in [3.8, 4) is 0 Å². The van der Waals surface area contributed by atoms with Crippen molar-refractivity contribution in [2.45, 2.75) is 36.9 Å². The number of ketones is 1. The summed E-state index contributed by atoms with van der Waals surface area (Å²) >= 11 is 3.66. The van der Waals surface area contributed by atoms with Crippen LogP contribution in [0.25, 0.3) is 0 Å². The minimum absolute atomic E-state index is 0.0173. The second-order valence-electron chi connectivity index (χ2n) is 8.46. The molecule has 0 aliphatic carbocycles. The molecule has 7 nitrogen and oxygen atoms in total. The number of aliphatic hydroxyl groups is 1. The van der Waals surface area contributed by atoms with Gasteiger partial charge in [0, 0.05) is 5.75 Å². The molecule has 1 aliphatic rings. The van der Waals surface area contributed by atoms with Crippen molar-refractivity contribution in [1.29, 1.82) is 0 Å². The summed E-state index contributed by atoms with van der Waals surface area (Å²) in [7, 11) is 0. The van der Waals surface area contributed by atoms with Gasteiger partial charge in [-0.2, -0.15) is 0 Å². The fourth-order valence-corrected chi connectivity index (χ4v) is 6.80. The lowest BCUT2D eigenvalue weighted by Gasteiger charge is -2.24. The van der Waals surface area contributed by atoms with Crippen LogP contribution in [-0.4, -0.2) is 32.0 Å². The number of thioether (sulfide) groups is 1. The van der Waals surface area contributed by atoms with Crippen LogP contribution in [0.4, 0.5) is 9.52 Å². The number of nitrogens with zero attached hydrogens (tertiary/aromatic N) is 4. The monoisotopic (exact) mass is 552 g/mol. The maximum absolute atomic E-state index is 14.0. The summed E-state index contributed by atoms with van der Waals surface area (Å²) in [4.78, 5) is 33.0. The number of aromatic nitrogens is 3. The van der Waals surface area contributed by atoms with Gasteiger partial charge in [0.1, 0.15) is 5.82 Å². The summed E-state index contributed by atoms with van der Waals surface area (Å²) in [6.07, 6.45) is 0. The van der Waals surface area contributed by atoms with Crippen LogP contribution in [0.2, 0.25) is 0 Å². The summed E-state index contributed by atoms with van der Waals surface area (Å²) in [6, 6.07) is 13.0. The van der Waals surface area contributed by atoms with Crippen LogP contribution in [0.15, 0.2) is 64.2 Å². The molecule has 0 bridgehead atoms. The summed E-state index contributed by atoms with van der Waals surface area (Å²) < 4.78 is 14.6. The number of carbonyl (C=O) groups excluding carboxylic acids is 2. The highest BCUT2D eigenvalue weighted by atomic mass is 32.2. The summed E-state index contributed by atoms with van der Waals surface area (Å²) in [5, 5.41) is 20.3. The number of halogens is 1. The number of amides is 1. The van der Waals surface area contributed by atoms with Crippen LogP contribution in [0.3, 0.4) is 0 Å². The molecule has 11 heteroatoms. The first kappa shape index (κ1) is 25.2. The van der Waals surface area contributed by atoms with E-state index in [4.69, 9.17) is 0 Å². The minimum Gasteiger partial charge on any atom is -0.503 e. The molecule has 4 aromatic rings. The average molecular weight is 553 g/mol. The molecule has 188 valence electrons. The molecular formula is C26H21FN4O3S3. The van der Waals surface area contributed by atoms with E-state index >= 15 is 0 Å². The number of thiazole rings is 1. The normalized spacial score (nSPS) is 15.6. The largest absolute Gasteiger partial charge is 0.503 e. The molecule has 0 fully saturated rings. The van der Waals surface area contributed by atoms with Gasteiger partial charge in [-0.3, -0.25) is 14.5 Å². The van der Waals surface area contributed by atoms with Crippen molar-refractivity contribution in [3.63, 3.8) is 0 Å². The van der Waals surface area contributed by atoms with E-state index in [2.05, 4.69) is 15.2 Å². The Kier molecular flexibility index (Phi) is 6.93. The Balaban J connectivity index is 1.51. The van der Waals surface area contributed by atoms with E-state index in [1.165, 1.54) is 34.1 Å². The Hall–Kier alpha value is -3.41. The lowest BCUT2D eigenvalue weighted by Crippen LogP contribution is -2.31. The van der Waals surface area contributed by atoms with Crippen LogP contribution in [0, 0.1) is 26.6 Å². The van der Waals surface area contributed by atoms with Gasteiger partial charge in [-0.15, -0.1) is 21.5 Å². The van der Waals surface area contributed by atoms with Crippen molar-refractivity contribution in [2.75, 3.05) is 4.90 Å². The molecule has 0 spiro atoms. The lowest BCUT2D eigenvalue weighted by atomic mass is 9.94. The predicted octanol–water partition coefficient (Wildman–Crippen LogP) is 6.13. The molecule has 2 aromatic carbocycles. The molecule has 3 heterocycles. The van der Waals surface area contributed by atoms with E-state index in [0.717, 1.165) is 21.9 Å². The highest BCUT2D eigenvalue weighted by molar-refractivity contribution is 8.00. The summed E-state index contributed by atoms with van der Waals surface area (Å²) in [5.74, 6) is -1.75. The number of anilines is 1. The molecule has 5 rings (SSSR count). The predicted molar refractivity (Wildman–Crippen MR) is 143 cm³/mol. The van der Waals surface area contributed by atoms with Crippen LogP contribution in [0.5, 0.6) is 0 Å². The summed E-state index contributed by atoms with van der Waals surface area (Å²) in [5.41, 5.74) is 2.72. The maximum Gasteiger partial charge on any atom is 0.296 e. The number of aliphatic hydroxyl groups excluding tert-OH is 1. The van der Waals surface area contributed by atoms with Gasteiger partial charge in [0.2, 0.25) is 10.9 Å². The van der Waals surface area contributed by atoms with E-state index in [9.17, 15) is 19.1 Å². The quantitative estimate of drug-likeness (QED) is 0.167. The topological polar surface area (TPSA) is 96.3 Å². The Morgan fingerprint density at radius 1 is 1.08 bits per heavy atom. The molecular weight excluding hydrogens is 532 g/mol. The third kappa shape index (κ3) is 4.81. The number of hydrogen-bond donors (Lipinski definition) is 1. The zero-order valence-corrected chi connectivity index (χ0v) is 22.5. The van der Waals surface area contributed by atoms with Crippen molar-refractivity contribution >= 4 is 51.3 Å². The highest BCUT2D eigenvalue weighted by Crippen LogP contribution is 2.44. The maximum atomic E-state index is 14.0. The fraction of sp³-hybridized carbons (Fsp3) is 0.192. The first-order valence-electron chi connectivity index (χ1n) is 11.3. The Morgan fingerprint density at radius 3 is 2.49 bits per heavy atom. The number of Topliss-reactive ketones (excluding diaryl/α,β-unsaturated/α-hetero) is 1. The highest BCUT2D eigenvalue weighted by Gasteiger charge is 2.46. The molecule has 1 aliphatic heterocycles. The zero-order valence-electron chi connectivity index (χ0n) is 20.1. The molecule has 1 amide bonds. The Bertz CT molecular complexity index is 1540. The van der Waals surface area contributed by atoms with Crippen LogP contribution >= 0.6 is 34.4 Å². The van der Waals surface area contributed by atoms with E-state index in [1.54, 1.807) is 32.0 Å². The number of rotatable bonds is 7. The van der Waals surface area contributed by atoms with Gasteiger partial charge in [0.15, 0.2) is 10.1 Å². The third-order valence-corrected chi connectivity index (χ3v) is 9.04. The molecule has 0 saturated carbocycles. The average Bonchev–Trinajstić information content (AvgIpc) is 3.55. The van der Waals surface area contributed by atoms with Crippen LogP contribution < -0.4 is 4.90 Å². The first-order valence-corrected chi connectivity index (χ1v) is 13.9. The van der Waals surface area contributed by atoms with Gasteiger partial charge in [0.25, 0.3) is 5.91 Å². The van der Waals surface area contributed by atoms with E-state index in [0.29, 0.717) is 31.8 Å². The molecule has 0 saturated heterocycles. The Morgan fingerprint density at radius 2 is 1.81 bits per heavy atom. The molecule has 1 N–H and O–H groups in total. The van der Waals surface area contributed by atoms with Crippen molar-refractivity contribution < 1.29 is 19.1 Å². The lowest BCUT2D eigenvalue weighted by molar-refractivity contribution is -0.117. The number of hydrogen-bond acceptors (Lipinski definition) is 9. The molecule has 37 heavy (non-hydrogen) atoms. The van der Waals surface area contributed by atoms with Crippen molar-refractivity contribution in [3.05, 3.63) is 97.9 Å². The molecule has 2 aromatic heterocycles. The van der Waals surface area contributed by atoms with Gasteiger partial charge < -0.3 is 5.11 Å². The van der Waals surface area contributed by atoms with E-state index in [1.807, 2.05) is 31.2 Å². The van der Waals surface area contributed by atoms with Gasteiger partial charge in [-0.1, -0.05) is 71.1 Å². The van der Waals surface area contributed by atoms with Crippen molar-refractivity contribution in [2.24, 2.45) is 0 Å². The second kappa shape index (κ2) is 10.2. The van der Waals surface area contributed by atoms with Gasteiger partial charge >= 0.3 is 0 Å². The third-order valence-electron chi connectivity index (χ3n) is 5.87. The number of carbonyl (C=O) groups is 2. The van der Waals surface area contributed by atoms with Crippen LogP contribution in [-0.2, 0) is 10.5 Å². The van der Waals surface area contributed by atoms with Gasteiger partial charge in [-0.05, 0) is 38.0 Å². The van der Waals surface area contributed by atoms with Crippen molar-refractivity contribution in [1.82, 2.24) is 15.2 Å². The van der Waals surface area contributed by atoms with Gasteiger partial charge in [-0.25, -0.2) is 9.37 Å².